The molecule has 4 aliphatic carbocycles. The van der Waals surface area contributed by atoms with Gasteiger partial charge in [-0.25, -0.2) is 8.42 Å². The van der Waals surface area contributed by atoms with Crippen molar-refractivity contribution >= 4 is 83.9 Å². The molecule has 22 heteroatoms. The van der Waals surface area contributed by atoms with Crippen LogP contribution in [-0.2, 0) is 29.6 Å². The number of carbonyl (C=O) groups is 2. The molecule has 2 aromatic rings. The molecule has 0 radical (unpaired) electrons. The van der Waals surface area contributed by atoms with Crippen LogP contribution < -0.4 is 64.3 Å². The molecule has 0 heterocycles. The van der Waals surface area contributed by atoms with Gasteiger partial charge in [-0.05, 0) is 125 Å². The van der Waals surface area contributed by atoms with Gasteiger partial charge in [0.05, 0.1) is 39.1 Å². The average molecular weight is 842 g/mol. The Balaban J connectivity index is 0.00000372. The molecular formula is C36H27N8Na2O10S2+. The molecule has 2 aromatic carbocycles. The van der Waals surface area contributed by atoms with Gasteiger partial charge in [-0.2, -0.15) is 29.5 Å². The van der Waals surface area contributed by atoms with E-state index in [1.807, 2.05) is 19.1 Å². The van der Waals surface area contributed by atoms with Gasteiger partial charge in [0, 0.05) is 11.6 Å². The summed E-state index contributed by atoms with van der Waals surface area (Å²) < 4.78 is 69.6. The maximum atomic E-state index is 13.9. The summed E-state index contributed by atoms with van der Waals surface area (Å²) in [4.78, 5) is 23.1. The van der Waals surface area contributed by atoms with Gasteiger partial charge in [0.15, 0.2) is 11.5 Å². The third-order valence-corrected chi connectivity index (χ3v) is 9.99. The minimum absolute atomic E-state index is 0. The van der Waals surface area contributed by atoms with E-state index in [2.05, 4.69) is 30.6 Å². The first kappa shape index (κ1) is 46.2. The number of anilines is 1. The van der Waals surface area contributed by atoms with E-state index in [1.165, 1.54) is 36.4 Å². The van der Waals surface area contributed by atoms with E-state index in [0.29, 0.717) is 23.1 Å². The van der Waals surface area contributed by atoms with Crippen molar-refractivity contribution < 1.29 is 105 Å². The number of ketones is 2. The second kappa shape index (κ2) is 18.6. The van der Waals surface area contributed by atoms with Gasteiger partial charge in [0.25, 0.3) is 4.91 Å². The number of azo groups is 1. The fraction of sp³-hybridized carbons (Fsp3) is 0.0556. The normalized spacial score (nSPS) is 19.9. The first-order chi connectivity index (χ1) is 26.4. The molecule has 0 amide bonds. The van der Waals surface area contributed by atoms with Gasteiger partial charge >= 0.3 is 69.6 Å². The molecule has 284 valence electrons. The van der Waals surface area contributed by atoms with Gasteiger partial charge in [-0.1, -0.05) is 12.2 Å². The first-order valence-electron chi connectivity index (χ1n) is 15.9. The van der Waals surface area contributed by atoms with Crippen LogP contribution in [0.4, 0.5) is 22.7 Å². The van der Waals surface area contributed by atoms with Gasteiger partial charge < -0.3 is 10.3 Å². The summed E-state index contributed by atoms with van der Waals surface area (Å²) in [5.41, 5.74) is 9.35. The molecule has 18 nitrogen and oxygen atoms in total. The van der Waals surface area contributed by atoms with Gasteiger partial charge in [0.2, 0.25) is 5.78 Å². The molecule has 6 rings (SSSR count). The Kier molecular flexibility index (Phi) is 14.8. The number of benzene rings is 2. The van der Waals surface area contributed by atoms with E-state index in [1.54, 1.807) is 43.4 Å². The zero-order valence-corrected chi connectivity index (χ0v) is 36.6. The first-order valence-corrected chi connectivity index (χ1v) is 18.8. The summed E-state index contributed by atoms with van der Waals surface area (Å²) in [5, 5.41) is 42.1. The Morgan fingerprint density at radius 3 is 1.81 bits per heavy atom. The predicted molar refractivity (Wildman–Crippen MR) is 207 cm³/mol. The minimum atomic E-state index is -5.39. The van der Waals surface area contributed by atoms with E-state index in [0.717, 1.165) is 22.8 Å². The number of nitrogens with one attached hydrogen (secondary N) is 1. The molecule has 0 atom stereocenters. The van der Waals surface area contributed by atoms with E-state index >= 15 is 0 Å². The third kappa shape index (κ3) is 10.4. The fourth-order valence-corrected chi connectivity index (χ4v) is 6.75. The number of rotatable bonds is 7. The Morgan fingerprint density at radius 2 is 1.31 bits per heavy atom. The monoisotopic (exact) mass is 841 g/mol. The van der Waals surface area contributed by atoms with Crippen LogP contribution >= 0.6 is 0 Å². The summed E-state index contributed by atoms with van der Waals surface area (Å²) in [5.74, 6) is -1.35. The van der Waals surface area contributed by atoms with E-state index in [4.69, 9.17) is 16.1 Å². The molecular weight excluding hydrogens is 815 g/mol. The second-order valence-electron chi connectivity index (χ2n) is 12.1. The summed E-state index contributed by atoms with van der Waals surface area (Å²) in [6, 6.07) is 5.57. The maximum absolute atomic E-state index is 13.9. The topological polar surface area (TPSA) is 291 Å². The number of nitrogens with zero attached hydrogens (tertiary/aromatic N) is 7. The quantitative estimate of drug-likeness (QED) is 0.0758. The third-order valence-electron chi connectivity index (χ3n) is 8.25. The van der Waals surface area contributed by atoms with Crippen LogP contribution in [0.5, 0.6) is 0 Å². The fourth-order valence-electron chi connectivity index (χ4n) is 5.44. The molecule has 0 unspecified atom stereocenters. The number of allylic oxidation sites excluding steroid dienone is 15. The minimum Gasteiger partial charge on any atom is -0.744 e. The summed E-state index contributed by atoms with van der Waals surface area (Å²) in [7, 11) is -10.4. The van der Waals surface area contributed by atoms with Gasteiger partial charge in [0.1, 0.15) is 10.1 Å². The standard InChI is InChI=1S/C36H28N8O10S2.2Na/c1-19-15-21(3-13-28(19)40-38-25-7-11-27(45)12-8-25)22-4-14-29(20(2)16-22)41-43-35-31(56(52,53)54)18-23-17-30(55(49,50)51)34(33(37)32(23)36(35)46)42-39-24-5-9-26(10-6-24)44(47)48;;/h3-18,47-48H,1-2H3,(H4-,37,39,46,49,50,51,52,53,54);;/q;2*+1/p-1. The number of Topliss-reactive ketones (excluding diaryl/α,β-unsaturated/α-hetero) is 1. The van der Waals surface area contributed by atoms with Crippen molar-refractivity contribution in [3.05, 3.63) is 135 Å². The predicted octanol–water partition coefficient (Wildman–Crippen LogP) is 0.883. The summed E-state index contributed by atoms with van der Waals surface area (Å²) in [6.45, 7) is 3.55. The second-order valence-corrected chi connectivity index (χ2v) is 14.9. The smallest absolute Gasteiger partial charge is 0.744 e. The number of hydrogen-bond donors (Lipinski definition) is 4. The van der Waals surface area contributed by atoms with Gasteiger partial charge in [-0.15, -0.1) is 21.1 Å². The molecule has 4 aliphatic rings. The Morgan fingerprint density at radius 1 is 0.759 bits per heavy atom. The van der Waals surface area contributed by atoms with Crippen LogP contribution in [0.25, 0.3) is 11.8 Å². The molecule has 0 aromatic heterocycles. The number of carbonyl (C=O) groups excluding carboxylic acids is 2. The average Bonchev–Trinajstić information content (AvgIpc) is 3.13. The molecule has 0 saturated heterocycles. The van der Waals surface area contributed by atoms with Crippen molar-refractivity contribution in [1.29, 1.82) is 0 Å². The Labute approximate surface area is 375 Å². The molecule has 5 N–H and O–H groups in total. The van der Waals surface area contributed by atoms with Crippen LogP contribution in [0.3, 0.4) is 0 Å². The summed E-state index contributed by atoms with van der Waals surface area (Å²) >= 11 is 0. The van der Waals surface area contributed by atoms with E-state index in [-0.39, 0.29) is 87.2 Å². The molecule has 0 aliphatic heterocycles. The Hall–Kier alpha value is -4.52. The number of hydrogen-bond acceptors (Lipinski definition) is 15. The van der Waals surface area contributed by atoms with Gasteiger partial charge in [-0.3, -0.25) is 20.0 Å². The molecule has 0 bridgehead atoms. The zero-order chi connectivity index (χ0) is 40.5. The maximum Gasteiger partial charge on any atom is 1.00 e. The van der Waals surface area contributed by atoms with E-state index in [9.17, 15) is 35.9 Å². The molecule has 0 fully saturated rings. The van der Waals surface area contributed by atoms with Crippen molar-refractivity contribution in [3.8, 4) is 0 Å². The molecule has 0 spiro atoms. The SMILES string of the molecule is CC1=CC(=C2C=CC(=NN=C3C(=O)c4c(cc(S(=O)(=O)[O-])c(N=Nc5ccc(N(O)O)cc5)c4[NH-])C=C3[S+](=O)(O)O)C(C)=C2)C=CC1=NN=C1C=CC(=O)C=C1.[Na+].[Na+]. The largest absolute Gasteiger partial charge is 1.00 e. The van der Waals surface area contributed by atoms with E-state index < -0.39 is 64.4 Å². The van der Waals surface area contributed by atoms with Crippen LogP contribution in [-0.4, -0.2) is 66.9 Å². The zero-order valence-electron chi connectivity index (χ0n) is 30.9. The van der Waals surface area contributed by atoms with Crippen LogP contribution in [0.15, 0.2) is 154 Å². The Bertz CT molecular complexity index is 2680. The van der Waals surface area contributed by atoms with Crippen molar-refractivity contribution in [2.45, 2.75) is 18.7 Å². The molecule has 0 saturated carbocycles. The molecule has 58 heavy (non-hydrogen) atoms. The number of fused-ring (bicyclic) bond motifs is 1. The van der Waals surface area contributed by atoms with Crippen LogP contribution in [0.1, 0.15) is 29.8 Å². The van der Waals surface area contributed by atoms with Crippen LogP contribution in [0, 0.1) is 0 Å². The van der Waals surface area contributed by atoms with Crippen LogP contribution in [0.2, 0.25) is 0 Å². The summed E-state index contributed by atoms with van der Waals surface area (Å²) in [6.07, 6.45) is 17.2. The van der Waals surface area contributed by atoms with Crippen molar-refractivity contribution in [2.24, 2.45) is 30.6 Å². The van der Waals surface area contributed by atoms with Crippen molar-refractivity contribution in [3.63, 3.8) is 0 Å². The van der Waals surface area contributed by atoms with Crippen molar-refractivity contribution in [2.75, 3.05) is 5.23 Å². The van der Waals surface area contributed by atoms with Crippen molar-refractivity contribution in [1.82, 2.24) is 0 Å².